The van der Waals surface area contributed by atoms with E-state index < -0.39 is 28.8 Å². The second-order valence-electron chi connectivity index (χ2n) is 4.61. The van der Waals surface area contributed by atoms with E-state index in [9.17, 15) is 21.6 Å². The van der Waals surface area contributed by atoms with Crippen LogP contribution in [-0.4, -0.2) is 68.2 Å². The van der Waals surface area contributed by atoms with Gasteiger partial charge in [-0.15, -0.1) is 12.4 Å². The van der Waals surface area contributed by atoms with E-state index >= 15 is 0 Å². The molecular formula is C10H17ClF3N5O2S. The molecule has 0 aliphatic carbocycles. The number of imidazole rings is 1. The maximum absolute atomic E-state index is 13.1. The standard InChI is InChI=1S/C10H16F3N5O2S.ClH/c11-10(12,13)8(18-3-1-14-2-4-18)5-17-21(19,20)9-6-15-7-16-9;/h6-8,14,17H,1-5H2,(H,15,16);1H. The molecule has 2 heterocycles. The number of alkyl halides is 3. The van der Waals surface area contributed by atoms with Crippen LogP contribution in [0.2, 0.25) is 0 Å². The second-order valence-corrected chi connectivity index (χ2v) is 6.35. The predicted octanol–water partition coefficient (Wildman–Crippen LogP) is -0.0541. The molecule has 0 radical (unpaired) electrons. The number of hydrogen-bond donors (Lipinski definition) is 3. The highest BCUT2D eigenvalue weighted by molar-refractivity contribution is 7.89. The van der Waals surface area contributed by atoms with E-state index in [4.69, 9.17) is 0 Å². The van der Waals surface area contributed by atoms with Crippen LogP contribution in [0.25, 0.3) is 0 Å². The van der Waals surface area contributed by atoms with Gasteiger partial charge in [0, 0.05) is 32.7 Å². The van der Waals surface area contributed by atoms with E-state index in [-0.39, 0.29) is 30.5 Å². The van der Waals surface area contributed by atoms with Crippen LogP contribution in [0.3, 0.4) is 0 Å². The van der Waals surface area contributed by atoms with Crippen molar-refractivity contribution >= 4 is 22.4 Å². The lowest BCUT2D eigenvalue weighted by Crippen LogP contribution is -2.57. The molecule has 1 saturated heterocycles. The van der Waals surface area contributed by atoms with Crippen molar-refractivity contribution in [2.24, 2.45) is 0 Å². The van der Waals surface area contributed by atoms with Crippen molar-refractivity contribution in [3.05, 3.63) is 12.5 Å². The van der Waals surface area contributed by atoms with Gasteiger partial charge in [0.2, 0.25) is 0 Å². The van der Waals surface area contributed by atoms with E-state index in [2.05, 4.69) is 15.3 Å². The predicted molar refractivity (Wildman–Crippen MR) is 75.3 cm³/mol. The number of nitrogens with one attached hydrogen (secondary N) is 3. The molecule has 0 bridgehead atoms. The van der Waals surface area contributed by atoms with E-state index in [0.29, 0.717) is 13.1 Å². The van der Waals surface area contributed by atoms with Crippen LogP contribution in [-0.2, 0) is 10.0 Å². The highest BCUT2D eigenvalue weighted by Crippen LogP contribution is 2.25. The summed E-state index contributed by atoms with van der Waals surface area (Å²) < 4.78 is 65.0. The van der Waals surface area contributed by atoms with E-state index in [0.717, 1.165) is 12.5 Å². The van der Waals surface area contributed by atoms with Gasteiger partial charge >= 0.3 is 6.18 Å². The topological polar surface area (TPSA) is 90.1 Å². The second kappa shape index (κ2) is 7.59. The van der Waals surface area contributed by atoms with Crippen LogP contribution in [0, 0.1) is 0 Å². The van der Waals surface area contributed by atoms with Crippen LogP contribution >= 0.6 is 12.4 Å². The van der Waals surface area contributed by atoms with E-state index in [1.807, 2.05) is 4.72 Å². The fourth-order valence-corrected chi connectivity index (χ4v) is 3.04. The van der Waals surface area contributed by atoms with E-state index in [1.54, 1.807) is 0 Å². The highest BCUT2D eigenvalue weighted by Gasteiger charge is 2.44. The number of H-pyrrole nitrogens is 1. The molecule has 12 heteroatoms. The van der Waals surface area contributed by atoms with Crippen LogP contribution in [0.5, 0.6) is 0 Å². The zero-order valence-corrected chi connectivity index (χ0v) is 13.1. The maximum atomic E-state index is 13.1. The molecule has 3 N–H and O–H groups in total. The van der Waals surface area contributed by atoms with Crippen molar-refractivity contribution in [2.45, 2.75) is 17.2 Å². The summed E-state index contributed by atoms with van der Waals surface area (Å²) in [6.07, 6.45) is -2.32. The van der Waals surface area contributed by atoms with Crippen LogP contribution in [0.15, 0.2) is 17.6 Å². The zero-order valence-electron chi connectivity index (χ0n) is 11.4. The molecule has 1 aromatic heterocycles. The van der Waals surface area contributed by atoms with Gasteiger partial charge in [0.1, 0.15) is 6.04 Å². The lowest BCUT2D eigenvalue weighted by molar-refractivity contribution is -0.182. The largest absolute Gasteiger partial charge is 0.405 e. The fraction of sp³-hybridized carbons (Fsp3) is 0.700. The minimum Gasteiger partial charge on any atom is -0.335 e. The molecule has 0 aromatic carbocycles. The number of rotatable bonds is 5. The Bertz CT molecular complexity index is 545. The summed E-state index contributed by atoms with van der Waals surface area (Å²) in [7, 11) is -4.02. The first kappa shape index (κ1) is 19.2. The number of sulfonamides is 1. The molecule has 7 nitrogen and oxygen atoms in total. The van der Waals surface area contributed by atoms with Gasteiger partial charge in [-0.05, 0) is 0 Å². The molecule has 1 unspecified atom stereocenters. The minimum atomic E-state index is -4.51. The van der Waals surface area contributed by atoms with Gasteiger partial charge in [0.05, 0.1) is 12.5 Å². The van der Waals surface area contributed by atoms with Crippen molar-refractivity contribution < 1.29 is 21.6 Å². The molecule has 1 aliphatic heterocycles. The quantitative estimate of drug-likeness (QED) is 0.682. The Morgan fingerprint density at radius 3 is 2.50 bits per heavy atom. The van der Waals surface area contributed by atoms with Gasteiger partial charge in [-0.25, -0.2) is 18.1 Å². The number of piperazine rings is 1. The van der Waals surface area contributed by atoms with Gasteiger partial charge in [0.15, 0.2) is 5.03 Å². The maximum Gasteiger partial charge on any atom is 0.405 e. The van der Waals surface area contributed by atoms with Crippen molar-refractivity contribution in [3.8, 4) is 0 Å². The molecular weight excluding hydrogens is 347 g/mol. The molecule has 1 atom stereocenters. The van der Waals surface area contributed by atoms with E-state index in [1.165, 1.54) is 4.90 Å². The number of nitrogens with zero attached hydrogens (tertiary/aromatic N) is 2. The number of aromatic nitrogens is 2. The van der Waals surface area contributed by atoms with Crippen molar-refractivity contribution in [1.82, 2.24) is 24.9 Å². The lowest BCUT2D eigenvalue weighted by Gasteiger charge is -2.35. The Labute approximate surface area is 132 Å². The fourth-order valence-electron chi connectivity index (χ4n) is 2.10. The third-order valence-corrected chi connectivity index (χ3v) is 4.55. The van der Waals surface area contributed by atoms with Gasteiger partial charge in [-0.2, -0.15) is 13.2 Å². The first-order chi connectivity index (χ1) is 9.81. The molecule has 128 valence electrons. The highest BCUT2D eigenvalue weighted by atomic mass is 35.5. The van der Waals surface area contributed by atoms with Crippen molar-refractivity contribution in [1.29, 1.82) is 0 Å². The average Bonchev–Trinajstić information content (AvgIpc) is 2.93. The Morgan fingerprint density at radius 1 is 1.36 bits per heavy atom. The normalized spacial score (nSPS) is 18.7. The summed E-state index contributed by atoms with van der Waals surface area (Å²) in [5.41, 5.74) is 0. The van der Waals surface area contributed by atoms with Crippen LogP contribution < -0.4 is 10.0 Å². The van der Waals surface area contributed by atoms with Crippen molar-refractivity contribution in [3.63, 3.8) is 0 Å². The van der Waals surface area contributed by atoms with Gasteiger partial charge < -0.3 is 10.3 Å². The molecule has 1 fully saturated rings. The third kappa shape index (κ3) is 4.81. The lowest BCUT2D eigenvalue weighted by atomic mass is 10.2. The summed E-state index contributed by atoms with van der Waals surface area (Å²) in [5, 5.41) is 2.69. The molecule has 2 rings (SSSR count). The number of hydrogen-bond acceptors (Lipinski definition) is 5. The summed E-state index contributed by atoms with van der Waals surface area (Å²) in [6.45, 7) is 0.594. The van der Waals surface area contributed by atoms with Gasteiger partial charge in [0.25, 0.3) is 10.0 Å². The summed E-state index contributed by atoms with van der Waals surface area (Å²) in [5.74, 6) is 0. The monoisotopic (exact) mass is 363 g/mol. The zero-order chi connectivity index (χ0) is 15.5. The average molecular weight is 364 g/mol. The SMILES string of the molecule is Cl.O=S(=O)(NCC(N1CCNCC1)C(F)(F)F)c1cnc[nH]1. The summed E-state index contributed by atoms with van der Waals surface area (Å²) >= 11 is 0. The minimum absolute atomic E-state index is 0. The molecule has 22 heavy (non-hydrogen) atoms. The first-order valence-corrected chi connectivity index (χ1v) is 7.78. The third-order valence-electron chi connectivity index (χ3n) is 3.20. The Balaban J connectivity index is 0.00000242. The molecule has 0 spiro atoms. The van der Waals surface area contributed by atoms with Crippen molar-refractivity contribution in [2.75, 3.05) is 32.7 Å². The molecule has 1 aromatic rings. The van der Waals surface area contributed by atoms with Crippen LogP contribution in [0.1, 0.15) is 0 Å². The van der Waals surface area contributed by atoms with Crippen LogP contribution in [0.4, 0.5) is 13.2 Å². The number of aromatic amines is 1. The Hall–Kier alpha value is -0.880. The summed E-state index contributed by atoms with van der Waals surface area (Å²) in [4.78, 5) is 7.12. The number of halogens is 4. The Morgan fingerprint density at radius 2 is 2.00 bits per heavy atom. The molecule has 0 saturated carbocycles. The smallest absolute Gasteiger partial charge is 0.335 e. The summed E-state index contributed by atoms with van der Waals surface area (Å²) in [6, 6.07) is -1.85. The van der Waals surface area contributed by atoms with Gasteiger partial charge in [-0.1, -0.05) is 0 Å². The first-order valence-electron chi connectivity index (χ1n) is 6.30. The van der Waals surface area contributed by atoms with Gasteiger partial charge in [-0.3, -0.25) is 4.90 Å². The Kier molecular flexibility index (Phi) is 6.62. The molecule has 0 amide bonds. The molecule has 1 aliphatic rings.